The molecule has 2 N–H and O–H groups in total. The highest BCUT2D eigenvalue weighted by atomic mass is 35.5. The molecular formula is C14H19Cl2FN2O. The highest BCUT2D eigenvalue weighted by Crippen LogP contribution is 2.25. The molecule has 1 amide bonds. The fourth-order valence-electron chi connectivity index (χ4n) is 2.68. The molecule has 6 heteroatoms. The molecule has 1 heterocycles. The van der Waals surface area contributed by atoms with Gasteiger partial charge >= 0.3 is 0 Å². The Labute approximate surface area is 129 Å². The number of halogens is 3. The molecule has 1 fully saturated rings. The van der Waals surface area contributed by atoms with Crippen molar-refractivity contribution in [1.82, 2.24) is 4.90 Å². The molecule has 0 radical (unpaired) electrons. The topological polar surface area (TPSA) is 46.3 Å². The van der Waals surface area contributed by atoms with Crippen LogP contribution in [0.15, 0.2) is 18.2 Å². The first-order valence-electron chi connectivity index (χ1n) is 6.50. The summed E-state index contributed by atoms with van der Waals surface area (Å²) in [5, 5.41) is 0.288. The van der Waals surface area contributed by atoms with E-state index in [0.717, 1.165) is 12.8 Å². The summed E-state index contributed by atoms with van der Waals surface area (Å²) in [5.74, 6) is -0.527. The number of amides is 1. The van der Waals surface area contributed by atoms with Gasteiger partial charge in [-0.1, -0.05) is 18.5 Å². The SMILES string of the molecule is CC1CCCN(C(=O)c2ccc(Cl)cc2F)C1CN.Cl. The molecule has 112 valence electrons. The van der Waals surface area contributed by atoms with Crippen molar-refractivity contribution in [2.24, 2.45) is 11.7 Å². The molecule has 1 aliphatic heterocycles. The van der Waals surface area contributed by atoms with E-state index in [1.807, 2.05) is 0 Å². The second kappa shape index (κ2) is 7.25. The number of nitrogens with two attached hydrogens (primary N) is 1. The minimum absolute atomic E-state index is 0. The van der Waals surface area contributed by atoms with E-state index in [4.69, 9.17) is 17.3 Å². The second-order valence-electron chi connectivity index (χ2n) is 5.05. The van der Waals surface area contributed by atoms with Crippen LogP contribution in [0.4, 0.5) is 4.39 Å². The lowest BCUT2D eigenvalue weighted by Crippen LogP contribution is -2.51. The van der Waals surface area contributed by atoms with Gasteiger partial charge in [0.2, 0.25) is 0 Å². The van der Waals surface area contributed by atoms with E-state index < -0.39 is 5.82 Å². The quantitative estimate of drug-likeness (QED) is 0.910. The highest BCUT2D eigenvalue weighted by Gasteiger charge is 2.32. The van der Waals surface area contributed by atoms with Crippen LogP contribution >= 0.6 is 24.0 Å². The zero-order valence-corrected chi connectivity index (χ0v) is 12.9. The van der Waals surface area contributed by atoms with Crippen LogP contribution < -0.4 is 5.73 Å². The molecule has 0 aromatic heterocycles. The monoisotopic (exact) mass is 320 g/mol. The van der Waals surface area contributed by atoms with E-state index in [-0.39, 0.29) is 34.9 Å². The molecule has 1 saturated heterocycles. The third kappa shape index (κ3) is 3.43. The van der Waals surface area contributed by atoms with Crippen LogP contribution in [0.3, 0.4) is 0 Å². The standard InChI is InChI=1S/C14H18ClFN2O.ClH/c1-9-3-2-6-18(13(9)8-17)14(19)11-5-4-10(15)7-12(11)16;/h4-5,7,9,13H,2-3,6,8,17H2,1H3;1H. The molecule has 1 aliphatic rings. The molecular weight excluding hydrogens is 302 g/mol. The van der Waals surface area contributed by atoms with Gasteiger partial charge in [0.15, 0.2) is 0 Å². The number of benzene rings is 1. The first-order valence-corrected chi connectivity index (χ1v) is 6.88. The van der Waals surface area contributed by atoms with E-state index in [2.05, 4.69) is 6.92 Å². The Hall–Kier alpha value is -0.840. The Bertz CT molecular complexity index is 484. The summed E-state index contributed by atoms with van der Waals surface area (Å²) in [5.41, 5.74) is 5.82. The molecule has 0 aliphatic carbocycles. The summed E-state index contributed by atoms with van der Waals surface area (Å²) >= 11 is 5.70. The van der Waals surface area contributed by atoms with Crippen LogP contribution in [-0.2, 0) is 0 Å². The molecule has 2 atom stereocenters. The van der Waals surface area contributed by atoms with Gasteiger partial charge in [-0.25, -0.2) is 4.39 Å². The average Bonchev–Trinajstić information content (AvgIpc) is 2.37. The Morgan fingerprint density at radius 1 is 1.55 bits per heavy atom. The fourth-order valence-corrected chi connectivity index (χ4v) is 2.84. The second-order valence-corrected chi connectivity index (χ2v) is 5.48. The van der Waals surface area contributed by atoms with Crippen molar-refractivity contribution >= 4 is 29.9 Å². The van der Waals surface area contributed by atoms with Crippen molar-refractivity contribution in [3.63, 3.8) is 0 Å². The summed E-state index contributed by atoms with van der Waals surface area (Å²) < 4.78 is 13.8. The van der Waals surface area contributed by atoms with E-state index >= 15 is 0 Å². The lowest BCUT2D eigenvalue weighted by atomic mass is 9.90. The molecule has 3 nitrogen and oxygen atoms in total. The Balaban J connectivity index is 0.00000200. The van der Waals surface area contributed by atoms with Gasteiger partial charge in [-0.15, -0.1) is 12.4 Å². The first-order chi connectivity index (χ1) is 9.04. The zero-order valence-electron chi connectivity index (χ0n) is 11.3. The Morgan fingerprint density at radius 3 is 2.85 bits per heavy atom. The minimum Gasteiger partial charge on any atom is -0.334 e. The van der Waals surface area contributed by atoms with Gasteiger partial charge in [-0.3, -0.25) is 4.79 Å². The van der Waals surface area contributed by atoms with Gasteiger partial charge in [0.25, 0.3) is 5.91 Å². The zero-order chi connectivity index (χ0) is 14.0. The molecule has 2 unspecified atom stereocenters. The molecule has 0 bridgehead atoms. The Morgan fingerprint density at radius 2 is 2.25 bits per heavy atom. The summed E-state index contributed by atoms with van der Waals surface area (Å²) in [7, 11) is 0. The maximum atomic E-state index is 13.8. The summed E-state index contributed by atoms with van der Waals surface area (Å²) in [6.45, 7) is 3.12. The highest BCUT2D eigenvalue weighted by molar-refractivity contribution is 6.30. The van der Waals surface area contributed by atoms with Gasteiger partial charge in [0.1, 0.15) is 5.82 Å². The number of rotatable bonds is 2. The minimum atomic E-state index is -0.577. The van der Waals surface area contributed by atoms with Gasteiger partial charge < -0.3 is 10.6 Å². The van der Waals surface area contributed by atoms with E-state index in [0.29, 0.717) is 19.0 Å². The number of carbonyl (C=O) groups is 1. The third-order valence-electron chi connectivity index (χ3n) is 3.78. The van der Waals surface area contributed by atoms with Crippen LogP contribution in [0, 0.1) is 11.7 Å². The summed E-state index contributed by atoms with van der Waals surface area (Å²) in [6, 6.07) is 4.12. The van der Waals surface area contributed by atoms with Crippen molar-refractivity contribution in [3.05, 3.63) is 34.6 Å². The fraction of sp³-hybridized carbons (Fsp3) is 0.500. The third-order valence-corrected chi connectivity index (χ3v) is 4.01. The van der Waals surface area contributed by atoms with Crippen molar-refractivity contribution in [2.75, 3.05) is 13.1 Å². The molecule has 0 spiro atoms. The number of hydrogen-bond donors (Lipinski definition) is 1. The van der Waals surface area contributed by atoms with E-state index in [1.54, 1.807) is 4.90 Å². The van der Waals surface area contributed by atoms with Crippen molar-refractivity contribution in [1.29, 1.82) is 0 Å². The number of piperidine rings is 1. The number of hydrogen-bond acceptors (Lipinski definition) is 2. The number of nitrogens with zero attached hydrogens (tertiary/aromatic N) is 1. The maximum absolute atomic E-state index is 13.8. The van der Waals surface area contributed by atoms with Gasteiger partial charge in [0.05, 0.1) is 5.56 Å². The van der Waals surface area contributed by atoms with E-state index in [1.165, 1.54) is 18.2 Å². The molecule has 1 aromatic carbocycles. The van der Waals surface area contributed by atoms with Crippen LogP contribution in [0.5, 0.6) is 0 Å². The van der Waals surface area contributed by atoms with Crippen molar-refractivity contribution in [2.45, 2.75) is 25.8 Å². The van der Waals surface area contributed by atoms with Crippen molar-refractivity contribution in [3.8, 4) is 0 Å². The van der Waals surface area contributed by atoms with Crippen LogP contribution in [0.2, 0.25) is 5.02 Å². The number of carbonyl (C=O) groups excluding carboxylic acids is 1. The smallest absolute Gasteiger partial charge is 0.257 e. The van der Waals surface area contributed by atoms with Crippen LogP contribution in [0.1, 0.15) is 30.1 Å². The average molecular weight is 321 g/mol. The lowest BCUT2D eigenvalue weighted by molar-refractivity contribution is 0.0528. The van der Waals surface area contributed by atoms with Gasteiger partial charge in [-0.2, -0.15) is 0 Å². The predicted octanol–water partition coefficient (Wildman–Crippen LogP) is 3.10. The molecule has 0 saturated carbocycles. The van der Waals surface area contributed by atoms with Crippen LogP contribution in [0.25, 0.3) is 0 Å². The van der Waals surface area contributed by atoms with Crippen molar-refractivity contribution < 1.29 is 9.18 Å². The normalized spacial score (nSPS) is 22.3. The number of likely N-dealkylation sites (tertiary alicyclic amines) is 1. The van der Waals surface area contributed by atoms with Gasteiger partial charge in [-0.05, 0) is 37.0 Å². The van der Waals surface area contributed by atoms with E-state index in [9.17, 15) is 9.18 Å². The van der Waals surface area contributed by atoms with Crippen LogP contribution in [-0.4, -0.2) is 29.9 Å². The maximum Gasteiger partial charge on any atom is 0.257 e. The predicted molar refractivity (Wildman–Crippen MR) is 80.9 cm³/mol. The Kier molecular flexibility index (Phi) is 6.24. The molecule has 1 aromatic rings. The molecule has 2 rings (SSSR count). The largest absolute Gasteiger partial charge is 0.334 e. The lowest BCUT2D eigenvalue weighted by Gasteiger charge is -2.39. The molecule has 20 heavy (non-hydrogen) atoms. The summed E-state index contributed by atoms with van der Waals surface area (Å²) in [4.78, 5) is 14.1. The van der Waals surface area contributed by atoms with Gasteiger partial charge in [0, 0.05) is 24.2 Å². The first kappa shape index (κ1) is 17.2. The summed E-state index contributed by atoms with van der Waals surface area (Å²) in [6.07, 6.45) is 1.98.